The number of anilines is 1. The van der Waals surface area contributed by atoms with Gasteiger partial charge in [0.1, 0.15) is 0 Å². The fraction of sp³-hybridized carbons (Fsp3) is 0.240. The summed E-state index contributed by atoms with van der Waals surface area (Å²) in [5.41, 5.74) is 3.35. The molecule has 154 valence electrons. The summed E-state index contributed by atoms with van der Waals surface area (Å²) in [6.07, 6.45) is 0.469. The van der Waals surface area contributed by atoms with Crippen molar-refractivity contribution in [3.05, 3.63) is 100 Å². The van der Waals surface area contributed by atoms with Gasteiger partial charge in [0.2, 0.25) is 5.91 Å². The number of amides is 1. The molecule has 1 heterocycles. The Labute approximate surface area is 187 Å². The normalized spacial score (nSPS) is 14.2. The van der Waals surface area contributed by atoms with Crippen molar-refractivity contribution in [2.24, 2.45) is 0 Å². The second-order valence-corrected chi connectivity index (χ2v) is 8.45. The molecule has 1 amide bonds. The van der Waals surface area contributed by atoms with Gasteiger partial charge >= 0.3 is 0 Å². The van der Waals surface area contributed by atoms with Crippen LogP contribution < -0.4 is 4.90 Å². The zero-order valence-electron chi connectivity index (χ0n) is 16.7. The molecule has 1 aliphatic heterocycles. The molecule has 5 heteroatoms. The van der Waals surface area contributed by atoms with E-state index in [1.54, 1.807) is 6.07 Å². The number of benzene rings is 3. The number of hydrogen-bond acceptors (Lipinski definition) is 2. The molecule has 0 aliphatic carbocycles. The summed E-state index contributed by atoms with van der Waals surface area (Å²) in [5.74, 6) is 0.251. The summed E-state index contributed by atoms with van der Waals surface area (Å²) in [6.45, 7) is 2.92. The van der Waals surface area contributed by atoms with Crippen molar-refractivity contribution in [1.29, 1.82) is 0 Å². The number of carbonyl (C=O) groups is 1. The van der Waals surface area contributed by atoms with Gasteiger partial charge in [0.05, 0.1) is 0 Å². The lowest BCUT2D eigenvalue weighted by Crippen LogP contribution is -2.49. The molecule has 0 unspecified atom stereocenters. The van der Waals surface area contributed by atoms with Gasteiger partial charge < -0.3 is 9.80 Å². The first kappa shape index (κ1) is 20.8. The van der Waals surface area contributed by atoms with Crippen LogP contribution in [0.3, 0.4) is 0 Å². The molecule has 4 rings (SSSR count). The van der Waals surface area contributed by atoms with E-state index in [9.17, 15) is 4.79 Å². The molecule has 0 atom stereocenters. The van der Waals surface area contributed by atoms with Crippen LogP contribution in [0.1, 0.15) is 23.5 Å². The van der Waals surface area contributed by atoms with Gasteiger partial charge in [0.25, 0.3) is 0 Å². The number of piperazine rings is 1. The summed E-state index contributed by atoms with van der Waals surface area (Å²) in [7, 11) is 0. The molecule has 0 saturated carbocycles. The molecule has 0 radical (unpaired) electrons. The summed E-state index contributed by atoms with van der Waals surface area (Å²) >= 11 is 12.3. The van der Waals surface area contributed by atoms with Crippen LogP contribution in [0.2, 0.25) is 10.0 Å². The highest BCUT2D eigenvalue weighted by molar-refractivity contribution is 6.35. The van der Waals surface area contributed by atoms with Crippen LogP contribution in [0.4, 0.5) is 5.69 Å². The van der Waals surface area contributed by atoms with Crippen LogP contribution in [0, 0.1) is 0 Å². The van der Waals surface area contributed by atoms with Gasteiger partial charge in [0.15, 0.2) is 0 Å². The molecule has 3 aromatic rings. The number of halogens is 2. The number of hydrogen-bond donors (Lipinski definition) is 0. The Morgan fingerprint density at radius 1 is 0.767 bits per heavy atom. The van der Waals surface area contributed by atoms with E-state index in [0.29, 0.717) is 29.6 Å². The van der Waals surface area contributed by atoms with Gasteiger partial charge in [-0.25, -0.2) is 0 Å². The summed E-state index contributed by atoms with van der Waals surface area (Å²) in [5, 5.41) is 1.26. The van der Waals surface area contributed by atoms with Crippen molar-refractivity contribution in [3.8, 4) is 0 Å². The number of rotatable bonds is 5. The molecule has 1 fully saturated rings. The van der Waals surface area contributed by atoms with Crippen molar-refractivity contribution in [2.45, 2.75) is 12.3 Å². The monoisotopic (exact) mass is 438 g/mol. The average molecular weight is 439 g/mol. The highest BCUT2D eigenvalue weighted by atomic mass is 35.5. The fourth-order valence-electron chi connectivity index (χ4n) is 4.04. The molecule has 0 bridgehead atoms. The lowest BCUT2D eigenvalue weighted by molar-refractivity contribution is -0.131. The zero-order valence-corrected chi connectivity index (χ0v) is 18.2. The summed E-state index contributed by atoms with van der Waals surface area (Å²) < 4.78 is 0. The van der Waals surface area contributed by atoms with Gasteiger partial charge in [0, 0.05) is 54.3 Å². The van der Waals surface area contributed by atoms with Gasteiger partial charge in [-0.15, -0.1) is 0 Å². The second-order valence-electron chi connectivity index (χ2n) is 7.57. The Morgan fingerprint density at radius 3 is 1.77 bits per heavy atom. The molecule has 30 heavy (non-hydrogen) atoms. The number of nitrogens with zero attached hydrogens (tertiary/aromatic N) is 2. The smallest absolute Gasteiger partial charge is 0.223 e. The lowest BCUT2D eigenvalue weighted by atomic mass is 9.88. The van der Waals surface area contributed by atoms with E-state index in [-0.39, 0.29) is 11.8 Å². The maximum absolute atomic E-state index is 13.2. The van der Waals surface area contributed by atoms with Crippen molar-refractivity contribution in [2.75, 3.05) is 31.1 Å². The van der Waals surface area contributed by atoms with Gasteiger partial charge in [-0.2, -0.15) is 0 Å². The molecule has 3 aromatic carbocycles. The van der Waals surface area contributed by atoms with Gasteiger partial charge in [-0.1, -0.05) is 83.9 Å². The van der Waals surface area contributed by atoms with Gasteiger partial charge in [-0.3, -0.25) is 4.79 Å². The minimum atomic E-state index is 0.0599. The van der Waals surface area contributed by atoms with E-state index in [0.717, 1.165) is 18.8 Å². The maximum atomic E-state index is 13.2. The Hall–Kier alpha value is -2.49. The first-order chi connectivity index (χ1) is 14.6. The zero-order chi connectivity index (χ0) is 20.9. The standard InChI is InChI=1S/C25H24Cl2N2O/c26-21-15-22(27)17-23(16-21)28-11-13-29(14-12-28)25(30)18-24(19-7-3-1-4-8-19)20-9-5-2-6-10-20/h1-10,15-17,24H,11-14,18H2. The van der Waals surface area contributed by atoms with E-state index in [1.165, 1.54) is 11.1 Å². The fourth-order valence-corrected chi connectivity index (χ4v) is 4.55. The minimum absolute atomic E-state index is 0.0599. The van der Waals surface area contributed by atoms with Crippen LogP contribution in [-0.2, 0) is 4.79 Å². The molecule has 3 nitrogen and oxygen atoms in total. The third-order valence-corrected chi connectivity index (χ3v) is 6.06. The molecule has 1 saturated heterocycles. The van der Waals surface area contributed by atoms with E-state index in [4.69, 9.17) is 23.2 Å². The van der Waals surface area contributed by atoms with Crippen molar-refractivity contribution in [1.82, 2.24) is 4.90 Å². The van der Waals surface area contributed by atoms with Crippen molar-refractivity contribution < 1.29 is 4.79 Å². The molecular formula is C25H24Cl2N2O. The largest absolute Gasteiger partial charge is 0.368 e. The van der Waals surface area contributed by atoms with Crippen molar-refractivity contribution in [3.63, 3.8) is 0 Å². The third kappa shape index (κ3) is 4.97. The molecule has 1 aliphatic rings. The Balaban J connectivity index is 1.44. The first-order valence-electron chi connectivity index (χ1n) is 10.2. The van der Waals surface area contributed by atoms with E-state index >= 15 is 0 Å². The summed E-state index contributed by atoms with van der Waals surface area (Å²) in [6, 6.07) is 26.1. The molecule has 0 spiro atoms. The average Bonchev–Trinajstić information content (AvgIpc) is 2.78. The lowest BCUT2D eigenvalue weighted by Gasteiger charge is -2.37. The van der Waals surface area contributed by atoms with Crippen LogP contribution in [-0.4, -0.2) is 37.0 Å². The number of carbonyl (C=O) groups excluding carboxylic acids is 1. The molecular weight excluding hydrogens is 415 g/mol. The molecule has 0 aromatic heterocycles. The van der Waals surface area contributed by atoms with Crippen LogP contribution in [0.5, 0.6) is 0 Å². The Morgan fingerprint density at radius 2 is 1.27 bits per heavy atom. The maximum Gasteiger partial charge on any atom is 0.223 e. The SMILES string of the molecule is O=C(CC(c1ccccc1)c1ccccc1)N1CCN(c2cc(Cl)cc(Cl)c2)CC1. The van der Waals surface area contributed by atoms with Crippen LogP contribution >= 0.6 is 23.2 Å². The topological polar surface area (TPSA) is 23.6 Å². The van der Waals surface area contributed by atoms with E-state index in [2.05, 4.69) is 29.2 Å². The second kappa shape index (κ2) is 9.55. The highest BCUT2D eigenvalue weighted by Gasteiger charge is 2.25. The highest BCUT2D eigenvalue weighted by Crippen LogP contribution is 2.30. The van der Waals surface area contributed by atoms with Gasteiger partial charge in [-0.05, 0) is 29.3 Å². The Bertz CT molecular complexity index is 927. The van der Waals surface area contributed by atoms with Crippen molar-refractivity contribution >= 4 is 34.8 Å². The molecule has 0 N–H and O–H groups in total. The Kier molecular flexibility index (Phi) is 6.61. The predicted molar refractivity (Wildman–Crippen MR) is 125 cm³/mol. The summed E-state index contributed by atoms with van der Waals surface area (Å²) in [4.78, 5) is 17.4. The third-order valence-electron chi connectivity index (χ3n) is 5.63. The minimum Gasteiger partial charge on any atom is -0.368 e. The van der Waals surface area contributed by atoms with Crippen LogP contribution in [0.25, 0.3) is 0 Å². The first-order valence-corrected chi connectivity index (χ1v) is 10.9. The van der Waals surface area contributed by atoms with E-state index < -0.39 is 0 Å². The van der Waals surface area contributed by atoms with E-state index in [1.807, 2.05) is 53.4 Å². The van der Waals surface area contributed by atoms with Crippen LogP contribution in [0.15, 0.2) is 78.9 Å². The predicted octanol–water partition coefficient (Wildman–Crippen LogP) is 5.86. The quantitative estimate of drug-likeness (QED) is 0.497.